The summed E-state index contributed by atoms with van der Waals surface area (Å²) in [5.41, 5.74) is 3.57. The van der Waals surface area contributed by atoms with Gasteiger partial charge in [0.05, 0.1) is 18.1 Å². The molecule has 0 amide bonds. The Bertz CT molecular complexity index is 774. The lowest BCUT2D eigenvalue weighted by Crippen LogP contribution is -2.10. The van der Waals surface area contributed by atoms with Crippen molar-refractivity contribution in [1.82, 2.24) is 9.55 Å². The minimum Gasteiger partial charge on any atom is -0.497 e. The Morgan fingerprint density at radius 1 is 1.09 bits per heavy atom. The number of methoxy groups -OCH3 is 1. The first-order valence-corrected chi connectivity index (χ1v) is 8.28. The van der Waals surface area contributed by atoms with Crippen LogP contribution in [-0.4, -0.2) is 16.7 Å². The molecule has 3 nitrogen and oxygen atoms in total. The highest BCUT2D eigenvalue weighted by Gasteiger charge is 2.13. The first-order chi connectivity index (χ1) is 11.2. The van der Waals surface area contributed by atoms with Gasteiger partial charge < -0.3 is 9.30 Å². The Labute approximate surface area is 137 Å². The molecule has 0 aliphatic heterocycles. The monoisotopic (exact) mass is 308 g/mol. The zero-order chi connectivity index (χ0) is 16.2. The van der Waals surface area contributed by atoms with Crippen LogP contribution in [-0.2, 0) is 13.0 Å². The molecule has 3 aromatic rings. The maximum Gasteiger partial charge on any atom is 0.118 e. The van der Waals surface area contributed by atoms with E-state index in [1.165, 1.54) is 17.5 Å². The van der Waals surface area contributed by atoms with Gasteiger partial charge in [-0.3, -0.25) is 0 Å². The number of hydrogen-bond acceptors (Lipinski definition) is 2. The molecule has 3 rings (SSSR count). The van der Waals surface area contributed by atoms with Gasteiger partial charge in [-0.2, -0.15) is 0 Å². The number of ether oxygens (including phenoxy) is 1. The SMILES string of the molecule is CC[C@@H](C)Cn1c(Cc2ccc(OC)cc2)nc2ccccc21. The lowest BCUT2D eigenvalue weighted by molar-refractivity contribution is 0.414. The van der Waals surface area contributed by atoms with Gasteiger partial charge in [0.15, 0.2) is 0 Å². The van der Waals surface area contributed by atoms with E-state index < -0.39 is 0 Å². The van der Waals surface area contributed by atoms with Crippen molar-refractivity contribution in [3.63, 3.8) is 0 Å². The number of hydrogen-bond donors (Lipinski definition) is 0. The number of aromatic nitrogens is 2. The molecule has 23 heavy (non-hydrogen) atoms. The third kappa shape index (κ3) is 3.39. The van der Waals surface area contributed by atoms with Crippen molar-refractivity contribution in [3.05, 3.63) is 59.9 Å². The number of imidazole rings is 1. The molecule has 0 unspecified atom stereocenters. The van der Waals surface area contributed by atoms with Gasteiger partial charge in [0.25, 0.3) is 0 Å². The van der Waals surface area contributed by atoms with Crippen LogP contribution in [0.5, 0.6) is 5.75 Å². The minimum absolute atomic E-state index is 0.641. The normalized spacial score (nSPS) is 12.5. The molecule has 1 atom stereocenters. The summed E-state index contributed by atoms with van der Waals surface area (Å²) in [5, 5.41) is 0. The summed E-state index contributed by atoms with van der Waals surface area (Å²) in [4.78, 5) is 4.87. The van der Waals surface area contributed by atoms with Crippen LogP contribution >= 0.6 is 0 Å². The summed E-state index contributed by atoms with van der Waals surface area (Å²) in [6, 6.07) is 16.7. The number of rotatable bonds is 6. The molecule has 0 saturated carbocycles. The van der Waals surface area contributed by atoms with Crippen molar-refractivity contribution in [1.29, 1.82) is 0 Å². The molecular weight excluding hydrogens is 284 g/mol. The lowest BCUT2D eigenvalue weighted by atomic mass is 10.1. The zero-order valence-corrected chi connectivity index (χ0v) is 14.1. The Kier molecular flexibility index (Phi) is 4.65. The van der Waals surface area contributed by atoms with E-state index in [9.17, 15) is 0 Å². The molecule has 1 aromatic heterocycles. The Morgan fingerprint density at radius 3 is 2.52 bits per heavy atom. The molecule has 0 spiro atoms. The minimum atomic E-state index is 0.641. The molecule has 3 heteroatoms. The van der Waals surface area contributed by atoms with Crippen LogP contribution in [0.25, 0.3) is 11.0 Å². The second-order valence-corrected chi connectivity index (χ2v) is 6.17. The van der Waals surface area contributed by atoms with Crippen molar-refractivity contribution >= 4 is 11.0 Å². The first kappa shape index (κ1) is 15.6. The van der Waals surface area contributed by atoms with Gasteiger partial charge in [0.1, 0.15) is 11.6 Å². The predicted molar refractivity (Wildman–Crippen MR) is 95.0 cm³/mol. The fraction of sp³-hybridized carbons (Fsp3) is 0.350. The summed E-state index contributed by atoms with van der Waals surface area (Å²) in [6.45, 7) is 5.56. The second-order valence-electron chi connectivity index (χ2n) is 6.17. The van der Waals surface area contributed by atoms with E-state index in [-0.39, 0.29) is 0 Å². The van der Waals surface area contributed by atoms with Crippen LogP contribution in [0.15, 0.2) is 48.5 Å². The Hall–Kier alpha value is -2.29. The van der Waals surface area contributed by atoms with Gasteiger partial charge in [-0.1, -0.05) is 44.5 Å². The standard InChI is InChI=1S/C20H24N2O/c1-4-15(2)14-22-19-8-6-5-7-18(19)21-20(22)13-16-9-11-17(23-3)12-10-16/h5-12,15H,4,13-14H2,1-3H3/t15-/m1/s1. The smallest absolute Gasteiger partial charge is 0.118 e. The van der Waals surface area contributed by atoms with E-state index in [0.717, 1.165) is 30.1 Å². The maximum atomic E-state index is 5.24. The Morgan fingerprint density at radius 2 is 1.83 bits per heavy atom. The maximum absolute atomic E-state index is 5.24. The van der Waals surface area contributed by atoms with E-state index in [0.29, 0.717) is 5.92 Å². The highest BCUT2D eigenvalue weighted by atomic mass is 16.5. The van der Waals surface area contributed by atoms with Gasteiger partial charge in [-0.25, -0.2) is 4.98 Å². The Balaban J connectivity index is 1.96. The number of fused-ring (bicyclic) bond motifs is 1. The van der Waals surface area contributed by atoms with E-state index in [1.807, 2.05) is 12.1 Å². The van der Waals surface area contributed by atoms with Gasteiger partial charge in [0, 0.05) is 13.0 Å². The zero-order valence-electron chi connectivity index (χ0n) is 14.1. The largest absolute Gasteiger partial charge is 0.497 e. The van der Waals surface area contributed by atoms with Crippen molar-refractivity contribution < 1.29 is 4.74 Å². The summed E-state index contributed by atoms with van der Waals surface area (Å²) in [6.07, 6.45) is 2.02. The molecule has 1 heterocycles. The van der Waals surface area contributed by atoms with Crippen LogP contribution in [0.1, 0.15) is 31.7 Å². The van der Waals surface area contributed by atoms with E-state index in [1.54, 1.807) is 7.11 Å². The van der Waals surface area contributed by atoms with Crippen molar-refractivity contribution in [2.75, 3.05) is 7.11 Å². The van der Waals surface area contributed by atoms with Crippen LogP contribution in [0.3, 0.4) is 0 Å². The van der Waals surface area contributed by atoms with E-state index in [4.69, 9.17) is 9.72 Å². The molecule has 2 aromatic carbocycles. The van der Waals surface area contributed by atoms with Crippen LogP contribution in [0, 0.1) is 5.92 Å². The van der Waals surface area contributed by atoms with E-state index >= 15 is 0 Å². The highest BCUT2D eigenvalue weighted by molar-refractivity contribution is 5.76. The lowest BCUT2D eigenvalue weighted by Gasteiger charge is -2.14. The summed E-state index contributed by atoms with van der Waals surface area (Å²) >= 11 is 0. The average Bonchev–Trinajstić information content (AvgIpc) is 2.93. The summed E-state index contributed by atoms with van der Waals surface area (Å²) in [5.74, 6) is 2.67. The van der Waals surface area contributed by atoms with Gasteiger partial charge >= 0.3 is 0 Å². The summed E-state index contributed by atoms with van der Waals surface area (Å²) < 4.78 is 7.62. The fourth-order valence-corrected chi connectivity index (χ4v) is 2.83. The molecule has 0 aliphatic carbocycles. The molecular formula is C20H24N2O. The van der Waals surface area contributed by atoms with Gasteiger partial charge in [-0.05, 0) is 35.7 Å². The molecule has 0 aliphatic rings. The van der Waals surface area contributed by atoms with Crippen LogP contribution < -0.4 is 4.74 Å². The molecule has 0 fully saturated rings. The molecule has 0 N–H and O–H groups in total. The van der Waals surface area contributed by atoms with Crippen LogP contribution in [0.4, 0.5) is 0 Å². The molecule has 0 saturated heterocycles. The van der Waals surface area contributed by atoms with Crippen molar-refractivity contribution in [2.45, 2.75) is 33.2 Å². The van der Waals surface area contributed by atoms with Crippen molar-refractivity contribution in [2.24, 2.45) is 5.92 Å². The average molecular weight is 308 g/mol. The molecule has 0 radical (unpaired) electrons. The van der Waals surface area contributed by atoms with E-state index in [2.05, 4.69) is 54.8 Å². The summed E-state index contributed by atoms with van der Waals surface area (Å²) in [7, 11) is 1.70. The molecule has 0 bridgehead atoms. The van der Waals surface area contributed by atoms with Crippen molar-refractivity contribution in [3.8, 4) is 5.75 Å². The van der Waals surface area contributed by atoms with Gasteiger partial charge in [0.2, 0.25) is 0 Å². The predicted octanol–water partition coefficient (Wildman–Crippen LogP) is 4.68. The third-order valence-electron chi connectivity index (χ3n) is 4.45. The van der Waals surface area contributed by atoms with Gasteiger partial charge in [-0.15, -0.1) is 0 Å². The first-order valence-electron chi connectivity index (χ1n) is 8.28. The topological polar surface area (TPSA) is 27.1 Å². The second kappa shape index (κ2) is 6.86. The number of benzene rings is 2. The fourth-order valence-electron chi connectivity index (χ4n) is 2.83. The third-order valence-corrected chi connectivity index (χ3v) is 4.45. The quantitative estimate of drug-likeness (QED) is 0.661. The highest BCUT2D eigenvalue weighted by Crippen LogP contribution is 2.21. The number of para-hydroxylation sites is 2. The van der Waals surface area contributed by atoms with Crippen LogP contribution in [0.2, 0.25) is 0 Å². The molecule has 120 valence electrons. The number of nitrogens with zero attached hydrogens (tertiary/aromatic N) is 2.